The highest BCUT2D eigenvalue weighted by atomic mass is 35.5. The summed E-state index contributed by atoms with van der Waals surface area (Å²) in [5.41, 5.74) is 2.39. The lowest BCUT2D eigenvalue weighted by molar-refractivity contribution is -0.130. The monoisotopic (exact) mass is 313 g/mol. The van der Waals surface area contributed by atoms with Crippen molar-refractivity contribution in [2.24, 2.45) is 0 Å². The highest BCUT2D eigenvalue weighted by Gasteiger charge is 2.35. The number of likely N-dealkylation sites (N-methyl/N-ethyl adjacent to an activating group) is 1. The zero-order valence-electron chi connectivity index (χ0n) is 12.3. The molecule has 1 atom stereocenters. The number of nitrogens with zero attached hydrogens (tertiary/aromatic N) is 1. The molecule has 1 amide bonds. The van der Waals surface area contributed by atoms with Crippen LogP contribution in [0, 0.1) is 0 Å². The molecule has 1 aliphatic heterocycles. The van der Waals surface area contributed by atoms with Crippen LogP contribution in [0.2, 0.25) is 5.02 Å². The molecule has 0 spiro atoms. The van der Waals surface area contributed by atoms with E-state index in [0.29, 0.717) is 17.1 Å². The molecule has 0 aromatic heterocycles. The first-order valence-corrected chi connectivity index (χ1v) is 7.58. The zero-order valence-corrected chi connectivity index (χ0v) is 13.0. The number of Topliss-reactive ketones (excluding diaryl/α,β-unsaturated/α-hetero) is 1. The maximum absolute atomic E-state index is 12.9. The molecule has 4 heteroatoms. The minimum atomic E-state index is -0.773. The van der Waals surface area contributed by atoms with Crippen LogP contribution in [-0.4, -0.2) is 30.2 Å². The summed E-state index contributed by atoms with van der Waals surface area (Å²) in [7, 11) is 1.75. The molecule has 0 fully saturated rings. The SMILES string of the molecule is CN1CCc2ccccc2[C@@H](C(=O)c2ccc(Cl)cc2)C1=O. The van der Waals surface area contributed by atoms with Gasteiger partial charge in [-0.25, -0.2) is 0 Å². The van der Waals surface area contributed by atoms with Crippen molar-refractivity contribution in [3.8, 4) is 0 Å². The number of amides is 1. The van der Waals surface area contributed by atoms with Crippen LogP contribution in [-0.2, 0) is 11.2 Å². The Morgan fingerprint density at radius 2 is 1.82 bits per heavy atom. The van der Waals surface area contributed by atoms with E-state index in [1.54, 1.807) is 36.2 Å². The van der Waals surface area contributed by atoms with Gasteiger partial charge in [0.15, 0.2) is 5.78 Å². The average Bonchev–Trinajstić information content (AvgIpc) is 2.65. The van der Waals surface area contributed by atoms with E-state index >= 15 is 0 Å². The van der Waals surface area contributed by atoms with Crippen molar-refractivity contribution in [1.29, 1.82) is 0 Å². The molecule has 112 valence electrons. The summed E-state index contributed by atoms with van der Waals surface area (Å²) in [5.74, 6) is -1.10. The third kappa shape index (κ3) is 2.64. The second-order valence-corrected chi connectivity index (χ2v) is 5.95. The van der Waals surface area contributed by atoms with Crippen molar-refractivity contribution in [1.82, 2.24) is 4.90 Å². The zero-order chi connectivity index (χ0) is 15.7. The first-order chi connectivity index (χ1) is 10.6. The highest BCUT2D eigenvalue weighted by Crippen LogP contribution is 2.29. The molecule has 0 saturated carbocycles. The predicted molar refractivity (Wildman–Crippen MR) is 86.3 cm³/mol. The predicted octanol–water partition coefficient (Wildman–Crippen LogP) is 3.32. The van der Waals surface area contributed by atoms with Crippen LogP contribution < -0.4 is 0 Å². The Bertz CT molecular complexity index is 724. The minimum absolute atomic E-state index is 0.148. The standard InChI is InChI=1S/C18H16ClNO2/c1-20-11-10-12-4-2-3-5-15(12)16(18(20)22)17(21)13-6-8-14(19)9-7-13/h2-9,16H,10-11H2,1H3/t16-/m0/s1. The van der Waals surface area contributed by atoms with Gasteiger partial charge in [0.05, 0.1) is 0 Å². The molecular weight excluding hydrogens is 298 g/mol. The molecule has 0 bridgehead atoms. The van der Waals surface area contributed by atoms with E-state index in [1.807, 2.05) is 24.3 Å². The van der Waals surface area contributed by atoms with Gasteiger partial charge in [0.25, 0.3) is 0 Å². The first kappa shape index (κ1) is 14.8. The molecule has 0 aliphatic carbocycles. The lowest BCUT2D eigenvalue weighted by Crippen LogP contribution is -2.34. The molecule has 3 rings (SSSR count). The second-order valence-electron chi connectivity index (χ2n) is 5.51. The molecule has 0 N–H and O–H groups in total. The van der Waals surface area contributed by atoms with Gasteiger partial charge in [0.1, 0.15) is 5.92 Å². The fraction of sp³-hybridized carbons (Fsp3) is 0.222. The molecule has 0 saturated heterocycles. The van der Waals surface area contributed by atoms with Crippen molar-refractivity contribution in [3.63, 3.8) is 0 Å². The lowest BCUT2D eigenvalue weighted by Gasteiger charge is -2.20. The molecule has 22 heavy (non-hydrogen) atoms. The fourth-order valence-corrected chi connectivity index (χ4v) is 2.96. The Labute approximate surface area is 134 Å². The molecule has 1 aliphatic rings. The van der Waals surface area contributed by atoms with Crippen molar-refractivity contribution in [3.05, 3.63) is 70.2 Å². The molecule has 1 heterocycles. The number of benzene rings is 2. The number of halogens is 1. The van der Waals surface area contributed by atoms with Crippen LogP contribution in [0.4, 0.5) is 0 Å². The quantitative estimate of drug-likeness (QED) is 0.630. The summed E-state index contributed by atoms with van der Waals surface area (Å²) < 4.78 is 0. The van der Waals surface area contributed by atoms with Crippen LogP contribution in [0.1, 0.15) is 27.4 Å². The number of carbonyl (C=O) groups excluding carboxylic acids is 2. The van der Waals surface area contributed by atoms with Gasteiger partial charge in [-0.2, -0.15) is 0 Å². The Kier molecular flexibility index (Phi) is 3.99. The smallest absolute Gasteiger partial charge is 0.237 e. The maximum atomic E-state index is 12.9. The van der Waals surface area contributed by atoms with Crippen LogP contribution in [0.3, 0.4) is 0 Å². The van der Waals surface area contributed by atoms with Gasteiger partial charge >= 0.3 is 0 Å². The number of hydrogen-bond acceptors (Lipinski definition) is 2. The van der Waals surface area contributed by atoms with E-state index < -0.39 is 5.92 Å². The Balaban J connectivity index is 2.07. The van der Waals surface area contributed by atoms with Crippen LogP contribution in [0.15, 0.2) is 48.5 Å². The number of ketones is 1. The van der Waals surface area contributed by atoms with E-state index in [2.05, 4.69) is 0 Å². The molecular formula is C18H16ClNO2. The normalized spacial score (nSPS) is 17.8. The van der Waals surface area contributed by atoms with Gasteiger partial charge in [-0.05, 0) is 41.8 Å². The van der Waals surface area contributed by atoms with Crippen molar-refractivity contribution < 1.29 is 9.59 Å². The van der Waals surface area contributed by atoms with E-state index in [0.717, 1.165) is 17.5 Å². The van der Waals surface area contributed by atoms with Crippen LogP contribution in [0.5, 0.6) is 0 Å². The summed E-state index contributed by atoms with van der Waals surface area (Å²) in [6.07, 6.45) is 0.767. The highest BCUT2D eigenvalue weighted by molar-refractivity contribution is 6.30. The maximum Gasteiger partial charge on any atom is 0.237 e. The number of rotatable bonds is 2. The summed E-state index contributed by atoms with van der Waals surface area (Å²) in [6, 6.07) is 14.4. The topological polar surface area (TPSA) is 37.4 Å². The molecule has 2 aromatic carbocycles. The van der Waals surface area contributed by atoms with Crippen LogP contribution >= 0.6 is 11.6 Å². The van der Waals surface area contributed by atoms with Gasteiger partial charge in [-0.1, -0.05) is 35.9 Å². The Morgan fingerprint density at radius 3 is 2.55 bits per heavy atom. The molecule has 2 aromatic rings. The minimum Gasteiger partial charge on any atom is -0.344 e. The van der Waals surface area contributed by atoms with E-state index in [-0.39, 0.29) is 11.7 Å². The summed E-state index contributed by atoms with van der Waals surface area (Å²) in [5, 5.41) is 0.571. The van der Waals surface area contributed by atoms with E-state index in [9.17, 15) is 9.59 Å². The lowest BCUT2D eigenvalue weighted by atomic mass is 9.87. The first-order valence-electron chi connectivity index (χ1n) is 7.20. The van der Waals surface area contributed by atoms with E-state index in [1.165, 1.54) is 0 Å². The Morgan fingerprint density at radius 1 is 1.14 bits per heavy atom. The summed E-state index contributed by atoms with van der Waals surface area (Å²) in [6.45, 7) is 0.625. The molecule has 0 radical (unpaired) electrons. The summed E-state index contributed by atoms with van der Waals surface area (Å²) in [4.78, 5) is 27.2. The van der Waals surface area contributed by atoms with E-state index in [4.69, 9.17) is 11.6 Å². The largest absolute Gasteiger partial charge is 0.344 e. The number of fused-ring (bicyclic) bond motifs is 1. The van der Waals surface area contributed by atoms with Gasteiger partial charge in [0, 0.05) is 24.2 Å². The van der Waals surface area contributed by atoms with Crippen molar-refractivity contribution >= 4 is 23.3 Å². The van der Waals surface area contributed by atoms with Crippen LogP contribution in [0.25, 0.3) is 0 Å². The number of carbonyl (C=O) groups is 2. The van der Waals surface area contributed by atoms with Crippen molar-refractivity contribution in [2.45, 2.75) is 12.3 Å². The average molecular weight is 314 g/mol. The van der Waals surface area contributed by atoms with Crippen molar-refractivity contribution in [2.75, 3.05) is 13.6 Å². The summed E-state index contributed by atoms with van der Waals surface area (Å²) >= 11 is 5.87. The second kappa shape index (κ2) is 5.93. The van der Waals surface area contributed by atoms with Gasteiger partial charge in [-0.3, -0.25) is 9.59 Å². The molecule has 3 nitrogen and oxygen atoms in total. The third-order valence-electron chi connectivity index (χ3n) is 4.10. The number of hydrogen-bond donors (Lipinski definition) is 0. The molecule has 0 unspecified atom stereocenters. The third-order valence-corrected chi connectivity index (χ3v) is 4.35. The van der Waals surface area contributed by atoms with Gasteiger partial charge < -0.3 is 4.90 Å². The Hall–Kier alpha value is -2.13. The van der Waals surface area contributed by atoms with Gasteiger partial charge in [-0.15, -0.1) is 0 Å². The van der Waals surface area contributed by atoms with Gasteiger partial charge in [0.2, 0.25) is 5.91 Å². The fourth-order valence-electron chi connectivity index (χ4n) is 2.83.